The topological polar surface area (TPSA) is 29.1 Å². The first-order valence-electron chi connectivity index (χ1n) is 7.86. The van der Waals surface area contributed by atoms with Crippen molar-refractivity contribution in [3.63, 3.8) is 0 Å². The number of hydrogen-bond donors (Lipinski definition) is 1. The summed E-state index contributed by atoms with van der Waals surface area (Å²) in [4.78, 5) is 12.9. The van der Waals surface area contributed by atoms with Gasteiger partial charge in [-0.2, -0.15) is 0 Å². The standard InChI is InChI=1S/C21H18ClNO/c22-19-13-7-8-16(14-19)15-23-21(24)20(17-9-3-1-4-10-17)18-11-5-2-6-12-18/h1-14,20H,15H2,(H,23,24). The quantitative estimate of drug-likeness (QED) is 0.713. The van der Waals surface area contributed by atoms with Crippen molar-refractivity contribution in [3.8, 4) is 0 Å². The highest BCUT2D eigenvalue weighted by atomic mass is 35.5. The van der Waals surface area contributed by atoms with Gasteiger partial charge in [0.25, 0.3) is 0 Å². The molecule has 3 rings (SSSR count). The van der Waals surface area contributed by atoms with Crippen LogP contribution in [0.2, 0.25) is 5.02 Å². The molecule has 0 unspecified atom stereocenters. The average molecular weight is 336 g/mol. The normalized spacial score (nSPS) is 10.6. The number of hydrogen-bond acceptors (Lipinski definition) is 1. The third kappa shape index (κ3) is 4.03. The lowest BCUT2D eigenvalue weighted by molar-refractivity contribution is -0.121. The fourth-order valence-corrected chi connectivity index (χ4v) is 2.94. The second kappa shape index (κ2) is 7.80. The molecule has 3 aromatic carbocycles. The highest BCUT2D eigenvalue weighted by Crippen LogP contribution is 2.25. The minimum atomic E-state index is -0.327. The molecular formula is C21H18ClNO. The van der Waals surface area contributed by atoms with Crippen LogP contribution in [-0.2, 0) is 11.3 Å². The van der Waals surface area contributed by atoms with Gasteiger partial charge in [0.15, 0.2) is 0 Å². The number of nitrogens with one attached hydrogen (secondary N) is 1. The molecule has 0 saturated heterocycles. The molecule has 24 heavy (non-hydrogen) atoms. The van der Waals surface area contributed by atoms with Crippen molar-refractivity contribution in [3.05, 3.63) is 107 Å². The Morgan fingerprint density at radius 2 is 1.42 bits per heavy atom. The van der Waals surface area contributed by atoms with Gasteiger partial charge in [0.1, 0.15) is 0 Å². The van der Waals surface area contributed by atoms with Crippen LogP contribution in [0.3, 0.4) is 0 Å². The highest BCUT2D eigenvalue weighted by molar-refractivity contribution is 6.30. The Morgan fingerprint density at radius 3 is 1.96 bits per heavy atom. The van der Waals surface area contributed by atoms with E-state index in [9.17, 15) is 4.79 Å². The molecule has 0 bridgehead atoms. The number of carbonyl (C=O) groups is 1. The largest absolute Gasteiger partial charge is 0.351 e. The molecule has 3 heteroatoms. The van der Waals surface area contributed by atoms with Gasteiger partial charge in [-0.3, -0.25) is 4.79 Å². The molecule has 0 atom stereocenters. The van der Waals surface area contributed by atoms with Gasteiger partial charge in [0.2, 0.25) is 5.91 Å². The smallest absolute Gasteiger partial charge is 0.232 e. The Bertz CT molecular complexity index is 763. The molecule has 120 valence electrons. The first kappa shape index (κ1) is 16.3. The van der Waals surface area contributed by atoms with Crippen molar-refractivity contribution in [2.24, 2.45) is 0 Å². The SMILES string of the molecule is O=C(NCc1cccc(Cl)c1)C(c1ccccc1)c1ccccc1. The molecule has 1 amide bonds. The highest BCUT2D eigenvalue weighted by Gasteiger charge is 2.22. The first-order chi connectivity index (χ1) is 11.7. The van der Waals surface area contributed by atoms with Gasteiger partial charge in [0.05, 0.1) is 5.92 Å². The van der Waals surface area contributed by atoms with Crippen LogP contribution >= 0.6 is 11.6 Å². The number of amides is 1. The summed E-state index contributed by atoms with van der Waals surface area (Å²) in [7, 11) is 0. The summed E-state index contributed by atoms with van der Waals surface area (Å²) >= 11 is 6.00. The van der Waals surface area contributed by atoms with Gasteiger partial charge in [-0.05, 0) is 28.8 Å². The maximum absolute atomic E-state index is 12.9. The number of benzene rings is 3. The Labute approximate surface area is 147 Å². The van der Waals surface area contributed by atoms with Gasteiger partial charge in [-0.1, -0.05) is 84.4 Å². The lowest BCUT2D eigenvalue weighted by atomic mass is 9.90. The molecule has 1 N–H and O–H groups in total. The lowest BCUT2D eigenvalue weighted by Crippen LogP contribution is -2.29. The van der Waals surface area contributed by atoms with E-state index in [-0.39, 0.29) is 11.8 Å². The second-order valence-corrected chi connectivity index (χ2v) is 6.04. The van der Waals surface area contributed by atoms with E-state index in [1.165, 1.54) is 0 Å². The molecular weight excluding hydrogens is 318 g/mol. The predicted octanol–water partition coefficient (Wildman–Crippen LogP) is 4.79. The first-order valence-corrected chi connectivity index (χ1v) is 8.24. The van der Waals surface area contributed by atoms with Gasteiger partial charge >= 0.3 is 0 Å². The second-order valence-electron chi connectivity index (χ2n) is 5.60. The van der Waals surface area contributed by atoms with E-state index in [4.69, 9.17) is 11.6 Å². The summed E-state index contributed by atoms with van der Waals surface area (Å²) in [5.41, 5.74) is 2.94. The van der Waals surface area contributed by atoms with Gasteiger partial charge in [0, 0.05) is 11.6 Å². The Kier molecular flexibility index (Phi) is 5.29. The van der Waals surface area contributed by atoms with Crippen LogP contribution in [0.5, 0.6) is 0 Å². The fourth-order valence-electron chi connectivity index (χ4n) is 2.72. The van der Waals surface area contributed by atoms with Crippen molar-refractivity contribution < 1.29 is 4.79 Å². The van der Waals surface area contributed by atoms with Crippen LogP contribution in [0.4, 0.5) is 0 Å². The Morgan fingerprint density at radius 1 is 0.833 bits per heavy atom. The van der Waals surface area contributed by atoms with Crippen molar-refractivity contribution >= 4 is 17.5 Å². The van der Waals surface area contributed by atoms with E-state index < -0.39 is 0 Å². The summed E-state index contributed by atoms with van der Waals surface area (Å²) < 4.78 is 0. The number of halogens is 1. The van der Waals surface area contributed by atoms with Gasteiger partial charge < -0.3 is 5.32 Å². The maximum atomic E-state index is 12.9. The van der Waals surface area contributed by atoms with Crippen LogP contribution in [0.1, 0.15) is 22.6 Å². The summed E-state index contributed by atoms with van der Waals surface area (Å²) in [6, 6.07) is 27.2. The molecule has 0 aliphatic heterocycles. The van der Waals surface area contributed by atoms with Crippen LogP contribution in [0.25, 0.3) is 0 Å². The maximum Gasteiger partial charge on any atom is 0.232 e. The Hall–Kier alpha value is -2.58. The molecule has 0 aromatic heterocycles. The molecule has 0 spiro atoms. The van der Waals surface area contributed by atoms with Crippen LogP contribution in [0.15, 0.2) is 84.9 Å². The van der Waals surface area contributed by atoms with E-state index in [1.54, 1.807) is 0 Å². The van der Waals surface area contributed by atoms with Crippen molar-refractivity contribution in [1.29, 1.82) is 0 Å². The zero-order valence-electron chi connectivity index (χ0n) is 13.2. The molecule has 0 saturated carbocycles. The van der Waals surface area contributed by atoms with Crippen LogP contribution in [0, 0.1) is 0 Å². The monoisotopic (exact) mass is 335 g/mol. The third-order valence-corrected chi connectivity index (χ3v) is 4.12. The summed E-state index contributed by atoms with van der Waals surface area (Å²) in [5.74, 6) is -0.348. The number of rotatable bonds is 5. The van der Waals surface area contributed by atoms with Gasteiger partial charge in [-0.15, -0.1) is 0 Å². The number of carbonyl (C=O) groups excluding carboxylic acids is 1. The molecule has 3 aromatic rings. The lowest BCUT2D eigenvalue weighted by Gasteiger charge is -2.18. The minimum absolute atomic E-state index is 0.0209. The predicted molar refractivity (Wildman–Crippen MR) is 98.0 cm³/mol. The molecule has 0 aliphatic carbocycles. The minimum Gasteiger partial charge on any atom is -0.351 e. The molecule has 0 radical (unpaired) electrons. The molecule has 0 heterocycles. The zero-order valence-corrected chi connectivity index (χ0v) is 13.9. The van der Waals surface area contributed by atoms with Crippen molar-refractivity contribution in [2.45, 2.75) is 12.5 Å². The summed E-state index contributed by atoms with van der Waals surface area (Å²) in [6.45, 7) is 0.454. The molecule has 0 fully saturated rings. The molecule has 2 nitrogen and oxygen atoms in total. The van der Waals surface area contributed by atoms with Crippen molar-refractivity contribution in [1.82, 2.24) is 5.32 Å². The van der Waals surface area contributed by atoms with Crippen molar-refractivity contribution in [2.75, 3.05) is 0 Å². The summed E-state index contributed by atoms with van der Waals surface area (Å²) in [6.07, 6.45) is 0. The van der Waals surface area contributed by atoms with E-state index in [2.05, 4.69) is 5.32 Å². The van der Waals surface area contributed by atoms with E-state index >= 15 is 0 Å². The van der Waals surface area contributed by atoms with E-state index in [0.717, 1.165) is 16.7 Å². The van der Waals surface area contributed by atoms with E-state index in [1.807, 2.05) is 84.9 Å². The Balaban J connectivity index is 1.82. The van der Waals surface area contributed by atoms with Gasteiger partial charge in [-0.25, -0.2) is 0 Å². The average Bonchev–Trinajstić information content (AvgIpc) is 2.62. The zero-order chi connectivity index (χ0) is 16.8. The van der Waals surface area contributed by atoms with Crippen LogP contribution < -0.4 is 5.32 Å². The van der Waals surface area contributed by atoms with E-state index in [0.29, 0.717) is 11.6 Å². The van der Waals surface area contributed by atoms with Crippen LogP contribution in [-0.4, -0.2) is 5.91 Å². The fraction of sp³-hybridized carbons (Fsp3) is 0.0952. The third-order valence-electron chi connectivity index (χ3n) is 3.88. The summed E-state index contributed by atoms with van der Waals surface area (Å²) in [5, 5.41) is 3.70. The molecule has 0 aliphatic rings.